The molecule has 2 aromatic heterocycles. The van der Waals surface area contributed by atoms with E-state index in [1.807, 2.05) is 72.8 Å². The lowest BCUT2D eigenvalue weighted by Crippen LogP contribution is -2.32. The van der Waals surface area contributed by atoms with Crippen molar-refractivity contribution in [3.8, 4) is 5.75 Å². The summed E-state index contributed by atoms with van der Waals surface area (Å²) in [7, 11) is 1.64. The summed E-state index contributed by atoms with van der Waals surface area (Å²) in [5.74, 6) is 1.68. The van der Waals surface area contributed by atoms with Gasteiger partial charge in [-0.25, -0.2) is 4.98 Å². The molecule has 5 rings (SSSR count). The molecule has 3 aromatic carbocycles. The molecule has 5 aromatic rings. The van der Waals surface area contributed by atoms with Gasteiger partial charge < -0.3 is 19.1 Å². The number of aryl methyl sites for hydroxylation is 2. The van der Waals surface area contributed by atoms with E-state index < -0.39 is 6.04 Å². The van der Waals surface area contributed by atoms with E-state index in [1.54, 1.807) is 21.0 Å². The lowest BCUT2D eigenvalue weighted by atomic mass is 10.0. The van der Waals surface area contributed by atoms with Crippen LogP contribution >= 0.6 is 11.6 Å². The minimum Gasteiger partial charge on any atom is -0.497 e. The zero-order chi connectivity index (χ0) is 25.9. The van der Waals surface area contributed by atoms with Crippen LogP contribution in [0.2, 0.25) is 5.02 Å². The monoisotopic (exact) mass is 514 g/mol. The Morgan fingerprint density at radius 3 is 2.54 bits per heavy atom. The molecule has 1 atom stereocenters. The van der Waals surface area contributed by atoms with Gasteiger partial charge in [0.15, 0.2) is 0 Å². The molecule has 7 nitrogen and oxygen atoms in total. The number of methoxy groups -OCH3 is 1. The van der Waals surface area contributed by atoms with Crippen LogP contribution in [0.1, 0.15) is 44.8 Å². The minimum atomic E-state index is -0.429. The number of carbonyl (C=O) groups excluding carboxylic acids is 1. The second-order valence-corrected chi connectivity index (χ2v) is 9.39. The van der Waals surface area contributed by atoms with Crippen LogP contribution in [-0.4, -0.2) is 27.7 Å². The van der Waals surface area contributed by atoms with Gasteiger partial charge in [-0.2, -0.15) is 0 Å². The second-order valence-electron chi connectivity index (χ2n) is 8.96. The molecule has 0 spiro atoms. The molecule has 0 radical (unpaired) electrons. The molecule has 8 heteroatoms. The normalized spacial score (nSPS) is 12.0. The van der Waals surface area contributed by atoms with Crippen molar-refractivity contribution in [3.63, 3.8) is 0 Å². The molecule has 0 saturated heterocycles. The number of amides is 1. The van der Waals surface area contributed by atoms with E-state index in [2.05, 4.69) is 15.0 Å². The van der Waals surface area contributed by atoms with E-state index in [1.165, 1.54) is 0 Å². The number of nitrogens with one attached hydrogen (secondary N) is 1. The van der Waals surface area contributed by atoms with Crippen LogP contribution in [-0.2, 0) is 13.0 Å². The fourth-order valence-corrected chi connectivity index (χ4v) is 4.81. The number of hydrogen-bond acceptors (Lipinski definition) is 5. The summed E-state index contributed by atoms with van der Waals surface area (Å²) in [6.45, 7) is 4.02. The number of benzene rings is 3. The first-order valence-electron chi connectivity index (χ1n) is 12.0. The molecule has 0 bridgehead atoms. The number of ether oxygens (including phenoxy) is 1. The van der Waals surface area contributed by atoms with Gasteiger partial charge in [-0.3, -0.25) is 4.79 Å². The Labute approximate surface area is 220 Å². The predicted molar refractivity (Wildman–Crippen MR) is 143 cm³/mol. The Morgan fingerprint density at radius 2 is 1.84 bits per heavy atom. The van der Waals surface area contributed by atoms with Crippen molar-refractivity contribution in [1.82, 2.24) is 20.0 Å². The summed E-state index contributed by atoms with van der Waals surface area (Å²) in [4.78, 5) is 18.5. The zero-order valence-corrected chi connectivity index (χ0v) is 21.6. The molecule has 2 heterocycles. The van der Waals surface area contributed by atoms with E-state index in [9.17, 15) is 4.79 Å². The van der Waals surface area contributed by atoms with Crippen molar-refractivity contribution in [3.05, 3.63) is 112 Å². The fraction of sp³-hybridized carbons (Fsp3) is 0.207. The Morgan fingerprint density at radius 1 is 1.05 bits per heavy atom. The Hall–Kier alpha value is -4.10. The highest BCUT2D eigenvalue weighted by Gasteiger charge is 2.26. The fourth-order valence-electron chi connectivity index (χ4n) is 4.59. The van der Waals surface area contributed by atoms with Gasteiger partial charge >= 0.3 is 0 Å². The van der Waals surface area contributed by atoms with E-state index >= 15 is 0 Å². The molecule has 0 aliphatic heterocycles. The summed E-state index contributed by atoms with van der Waals surface area (Å²) in [6.07, 6.45) is 0.548. The number of rotatable bonds is 8. The number of aromatic nitrogens is 3. The molecule has 0 aliphatic rings. The molecular formula is C29H27ClN4O3. The van der Waals surface area contributed by atoms with Crippen molar-refractivity contribution >= 4 is 28.5 Å². The molecule has 1 unspecified atom stereocenters. The van der Waals surface area contributed by atoms with Gasteiger partial charge in [0.25, 0.3) is 5.91 Å². The van der Waals surface area contributed by atoms with Crippen LogP contribution in [0.3, 0.4) is 0 Å². The first kappa shape index (κ1) is 24.6. The summed E-state index contributed by atoms with van der Waals surface area (Å²) in [6, 6.07) is 23.1. The molecule has 1 amide bonds. The summed E-state index contributed by atoms with van der Waals surface area (Å²) >= 11 is 6.30. The standard InChI is InChI=1S/C29H27ClN4O3/c1-18-27(19(2)37-33-18)29(35)32-25(15-20-8-5-4-6-9-20)28-31-24-13-12-23(36-3)16-26(24)34(28)17-21-10-7-11-22(30)14-21/h4-14,16,25H,15,17H2,1-3H3,(H,32,35). The molecule has 0 aliphatic carbocycles. The topological polar surface area (TPSA) is 82.2 Å². The average molecular weight is 515 g/mol. The highest BCUT2D eigenvalue weighted by atomic mass is 35.5. The van der Waals surface area contributed by atoms with Gasteiger partial charge in [0.1, 0.15) is 22.9 Å². The van der Waals surface area contributed by atoms with E-state index in [0.717, 1.165) is 33.7 Å². The number of fused-ring (bicyclic) bond motifs is 1. The number of nitrogens with zero attached hydrogens (tertiary/aromatic N) is 3. The van der Waals surface area contributed by atoms with Crippen LogP contribution in [0, 0.1) is 13.8 Å². The van der Waals surface area contributed by atoms with Gasteiger partial charge in [0.05, 0.1) is 29.9 Å². The number of carbonyl (C=O) groups is 1. The third-order valence-corrected chi connectivity index (χ3v) is 6.61. The molecule has 188 valence electrons. The predicted octanol–water partition coefficient (Wildman–Crippen LogP) is 6.07. The van der Waals surface area contributed by atoms with Gasteiger partial charge in [0, 0.05) is 17.6 Å². The Bertz CT molecular complexity index is 1540. The summed E-state index contributed by atoms with van der Waals surface area (Å²) in [5.41, 5.74) is 4.79. The van der Waals surface area contributed by atoms with Crippen LogP contribution < -0.4 is 10.1 Å². The maximum atomic E-state index is 13.5. The summed E-state index contributed by atoms with van der Waals surface area (Å²) in [5, 5.41) is 7.83. The van der Waals surface area contributed by atoms with Crippen molar-refractivity contribution < 1.29 is 14.1 Å². The zero-order valence-electron chi connectivity index (χ0n) is 20.9. The van der Waals surface area contributed by atoms with Crippen LogP contribution in [0.15, 0.2) is 77.3 Å². The third kappa shape index (κ3) is 5.22. The van der Waals surface area contributed by atoms with Crippen molar-refractivity contribution in [2.45, 2.75) is 32.9 Å². The van der Waals surface area contributed by atoms with Crippen molar-refractivity contribution in [2.24, 2.45) is 0 Å². The first-order chi connectivity index (χ1) is 17.9. The molecule has 1 N–H and O–H groups in total. The molecule has 37 heavy (non-hydrogen) atoms. The molecular weight excluding hydrogens is 488 g/mol. The van der Waals surface area contributed by atoms with Crippen molar-refractivity contribution in [1.29, 1.82) is 0 Å². The summed E-state index contributed by atoms with van der Waals surface area (Å²) < 4.78 is 12.9. The van der Waals surface area contributed by atoms with Gasteiger partial charge in [-0.1, -0.05) is 59.2 Å². The van der Waals surface area contributed by atoms with Crippen LogP contribution in [0.5, 0.6) is 5.75 Å². The second kappa shape index (κ2) is 10.5. The van der Waals surface area contributed by atoms with Crippen molar-refractivity contribution in [2.75, 3.05) is 7.11 Å². The first-order valence-corrected chi connectivity index (χ1v) is 12.4. The van der Waals surface area contributed by atoms with E-state index in [-0.39, 0.29) is 5.91 Å². The number of imidazole rings is 1. The van der Waals surface area contributed by atoms with Gasteiger partial charge in [-0.05, 0) is 55.7 Å². The Kier molecular flexibility index (Phi) is 6.97. The number of hydrogen-bond donors (Lipinski definition) is 1. The highest BCUT2D eigenvalue weighted by Crippen LogP contribution is 2.29. The molecule has 0 saturated carbocycles. The van der Waals surface area contributed by atoms with Crippen LogP contribution in [0.25, 0.3) is 11.0 Å². The van der Waals surface area contributed by atoms with Crippen LogP contribution in [0.4, 0.5) is 0 Å². The average Bonchev–Trinajstić information content (AvgIpc) is 3.42. The largest absolute Gasteiger partial charge is 0.497 e. The smallest absolute Gasteiger partial charge is 0.257 e. The van der Waals surface area contributed by atoms with Gasteiger partial charge in [0.2, 0.25) is 0 Å². The third-order valence-electron chi connectivity index (χ3n) is 6.37. The quantitative estimate of drug-likeness (QED) is 0.272. The van der Waals surface area contributed by atoms with Gasteiger partial charge in [-0.15, -0.1) is 0 Å². The SMILES string of the molecule is COc1ccc2nc(C(Cc3ccccc3)NC(=O)c3c(C)noc3C)n(Cc3cccc(Cl)c3)c2c1. The van der Waals surface area contributed by atoms with E-state index in [0.29, 0.717) is 35.0 Å². The number of halogens is 1. The Balaban J connectivity index is 1.63. The minimum absolute atomic E-state index is 0.254. The van der Waals surface area contributed by atoms with E-state index in [4.69, 9.17) is 25.8 Å². The highest BCUT2D eigenvalue weighted by molar-refractivity contribution is 6.30. The molecule has 0 fully saturated rings. The maximum absolute atomic E-state index is 13.5. The lowest BCUT2D eigenvalue weighted by molar-refractivity contribution is 0.0932. The maximum Gasteiger partial charge on any atom is 0.257 e. The lowest BCUT2D eigenvalue weighted by Gasteiger charge is -2.21.